The standard InChI is InChI=1S/C23H17BrCl2N4OS/c1-14-12-18(8-11-20(14)24)27-21(31)13-32-23-29-28-22(15-2-4-16(25)5-3-15)30(23)19-9-6-17(26)7-10-19/h2-12H,13H2,1H3,(H,27,31). The predicted octanol–water partition coefficient (Wildman–Crippen LogP) is 7.04. The number of benzene rings is 3. The Morgan fingerprint density at radius 1 is 1.00 bits per heavy atom. The fourth-order valence-electron chi connectivity index (χ4n) is 3.02. The third kappa shape index (κ3) is 5.35. The molecule has 0 saturated heterocycles. The highest BCUT2D eigenvalue weighted by molar-refractivity contribution is 9.10. The molecule has 0 aliphatic rings. The van der Waals surface area contributed by atoms with Gasteiger partial charge >= 0.3 is 0 Å². The van der Waals surface area contributed by atoms with Crippen LogP contribution in [0.1, 0.15) is 5.56 Å². The zero-order valence-corrected chi connectivity index (χ0v) is 20.8. The second-order valence-electron chi connectivity index (χ2n) is 6.93. The highest BCUT2D eigenvalue weighted by Gasteiger charge is 2.17. The second kappa shape index (κ2) is 10.1. The summed E-state index contributed by atoms with van der Waals surface area (Å²) in [7, 11) is 0. The van der Waals surface area contributed by atoms with Crippen molar-refractivity contribution in [2.45, 2.75) is 12.1 Å². The Kier molecular flexibility index (Phi) is 7.20. The van der Waals surface area contributed by atoms with Gasteiger partial charge in [0.25, 0.3) is 0 Å². The molecule has 1 heterocycles. The zero-order chi connectivity index (χ0) is 22.7. The number of anilines is 1. The Morgan fingerprint density at radius 2 is 1.66 bits per heavy atom. The molecule has 4 aromatic rings. The van der Waals surface area contributed by atoms with Crippen LogP contribution in [0.3, 0.4) is 0 Å². The fourth-order valence-corrected chi connectivity index (χ4v) is 4.27. The van der Waals surface area contributed by atoms with Crippen molar-refractivity contribution in [2.24, 2.45) is 0 Å². The first-order chi connectivity index (χ1) is 15.4. The van der Waals surface area contributed by atoms with Crippen molar-refractivity contribution in [3.8, 4) is 17.1 Å². The van der Waals surface area contributed by atoms with E-state index >= 15 is 0 Å². The summed E-state index contributed by atoms with van der Waals surface area (Å²) in [5.74, 6) is 0.701. The summed E-state index contributed by atoms with van der Waals surface area (Å²) in [6.07, 6.45) is 0. The number of carbonyl (C=O) groups excluding carboxylic acids is 1. The summed E-state index contributed by atoms with van der Waals surface area (Å²) >= 11 is 16.9. The van der Waals surface area contributed by atoms with E-state index in [0.717, 1.165) is 27.0 Å². The molecular weight excluding hydrogens is 531 g/mol. The van der Waals surface area contributed by atoms with Crippen molar-refractivity contribution >= 4 is 62.5 Å². The van der Waals surface area contributed by atoms with Gasteiger partial charge < -0.3 is 5.32 Å². The maximum absolute atomic E-state index is 12.6. The van der Waals surface area contributed by atoms with Crippen LogP contribution in [-0.4, -0.2) is 26.4 Å². The summed E-state index contributed by atoms with van der Waals surface area (Å²) < 4.78 is 2.90. The smallest absolute Gasteiger partial charge is 0.234 e. The summed E-state index contributed by atoms with van der Waals surface area (Å²) in [5, 5.41) is 13.5. The minimum atomic E-state index is -0.129. The molecule has 0 aliphatic heterocycles. The third-order valence-electron chi connectivity index (χ3n) is 4.59. The Labute approximate surface area is 208 Å². The van der Waals surface area contributed by atoms with Crippen LogP contribution in [-0.2, 0) is 4.79 Å². The van der Waals surface area contributed by atoms with E-state index < -0.39 is 0 Å². The van der Waals surface area contributed by atoms with Crippen molar-refractivity contribution in [2.75, 3.05) is 11.1 Å². The number of amides is 1. The van der Waals surface area contributed by atoms with Crippen molar-refractivity contribution in [3.63, 3.8) is 0 Å². The minimum absolute atomic E-state index is 0.129. The first-order valence-corrected chi connectivity index (χ1v) is 12.1. The third-order valence-corrected chi connectivity index (χ3v) is 6.92. The molecule has 0 bridgehead atoms. The number of halogens is 3. The molecule has 1 aromatic heterocycles. The molecule has 162 valence electrons. The SMILES string of the molecule is Cc1cc(NC(=O)CSc2nnc(-c3ccc(Cl)cc3)n2-c2ccc(Cl)cc2)ccc1Br. The van der Waals surface area contributed by atoms with Crippen LogP contribution in [0.25, 0.3) is 17.1 Å². The van der Waals surface area contributed by atoms with Crippen LogP contribution in [0.4, 0.5) is 5.69 Å². The lowest BCUT2D eigenvalue weighted by Crippen LogP contribution is -2.14. The molecule has 0 atom stereocenters. The Hall–Kier alpha value is -2.32. The molecule has 32 heavy (non-hydrogen) atoms. The monoisotopic (exact) mass is 546 g/mol. The lowest BCUT2D eigenvalue weighted by atomic mass is 10.2. The number of hydrogen-bond donors (Lipinski definition) is 1. The molecule has 1 amide bonds. The van der Waals surface area contributed by atoms with Crippen molar-refractivity contribution < 1.29 is 4.79 Å². The van der Waals surface area contributed by atoms with E-state index in [4.69, 9.17) is 23.2 Å². The van der Waals surface area contributed by atoms with Gasteiger partial charge in [0, 0.05) is 31.5 Å². The summed E-state index contributed by atoms with van der Waals surface area (Å²) in [6, 6.07) is 20.4. The highest BCUT2D eigenvalue weighted by atomic mass is 79.9. The molecular formula is C23H17BrCl2N4OS. The molecule has 4 rings (SSSR count). The summed E-state index contributed by atoms with van der Waals surface area (Å²) in [6.45, 7) is 1.97. The van der Waals surface area contributed by atoms with Gasteiger partial charge in [-0.15, -0.1) is 10.2 Å². The number of rotatable bonds is 6. The number of thioether (sulfide) groups is 1. The molecule has 3 aromatic carbocycles. The van der Waals surface area contributed by atoms with E-state index in [2.05, 4.69) is 31.4 Å². The number of nitrogens with one attached hydrogen (secondary N) is 1. The summed E-state index contributed by atoms with van der Waals surface area (Å²) in [5.41, 5.74) is 3.50. The molecule has 9 heteroatoms. The Morgan fingerprint density at radius 3 is 2.31 bits per heavy atom. The van der Waals surface area contributed by atoms with Gasteiger partial charge in [0.05, 0.1) is 5.75 Å². The topological polar surface area (TPSA) is 59.8 Å². The van der Waals surface area contributed by atoms with E-state index in [1.807, 2.05) is 54.0 Å². The number of aromatic nitrogens is 3. The second-order valence-corrected chi connectivity index (χ2v) is 9.60. The average molecular weight is 548 g/mol. The van der Waals surface area contributed by atoms with Gasteiger partial charge in [-0.2, -0.15) is 0 Å². The van der Waals surface area contributed by atoms with Crippen LogP contribution in [0, 0.1) is 6.92 Å². The number of carbonyl (C=O) groups is 1. The van der Waals surface area contributed by atoms with Gasteiger partial charge in [-0.3, -0.25) is 9.36 Å². The molecule has 0 spiro atoms. The Balaban J connectivity index is 1.59. The van der Waals surface area contributed by atoms with Crippen molar-refractivity contribution in [1.29, 1.82) is 0 Å². The van der Waals surface area contributed by atoms with Gasteiger partial charge in [-0.1, -0.05) is 50.9 Å². The van der Waals surface area contributed by atoms with Crippen molar-refractivity contribution in [1.82, 2.24) is 14.8 Å². The van der Waals surface area contributed by atoms with E-state index in [1.165, 1.54) is 11.8 Å². The molecule has 5 nitrogen and oxygen atoms in total. The number of nitrogens with zero attached hydrogens (tertiary/aromatic N) is 3. The zero-order valence-electron chi connectivity index (χ0n) is 16.8. The molecule has 0 unspecified atom stereocenters. The average Bonchev–Trinajstić information content (AvgIpc) is 3.20. The number of aryl methyl sites for hydroxylation is 1. The van der Waals surface area contributed by atoms with Gasteiger partial charge in [-0.05, 0) is 79.2 Å². The van der Waals surface area contributed by atoms with Crippen LogP contribution < -0.4 is 5.32 Å². The predicted molar refractivity (Wildman–Crippen MR) is 135 cm³/mol. The van der Waals surface area contributed by atoms with E-state index in [1.54, 1.807) is 24.3 Å². The normalized spacial score (nSPS) is 10.9. The molecule has 0 fully saturated rings. The van der Waals surface area contributed by atoms with Crippen LogP contribution in [0.2, 0.25) is 10.0 Å². The Bertz CT molecular complexity index is 1260. The van der Waals surface area contributed by atoms with Gasteiger partial charge in [0.15, 0.2) is 11.0 Å². The highest BCUT2D eigenvalue weighted by Crippen LogP contribution is 2.29. The first kappa shape index (κ1) is 22.9. The minimum Gasteiger partial charge on any atom is -0.325 e. The maximum Gasteiger partial charge on any atom is 0.234 e. The maximum atomic E-state index is 12.6. The van der Waals surface area contributed by atoms with E-state index in [9.17, 15) is 4.79 Å². The van der Waals surface area contributed by atoms with Crippen LogP contribution in [0.5, 0.6) is 0 Å². The quantitative estimate of drug-likeness (QED) is 0.263. The van der Waals surface area contributed by atoms with Gasteiger partial charge in [0.1, 0.15) is 0 Å². The fraction of sp³-hybridized carbons (Fsp3) is 0.0870. The molecule has 0 aliphatic carbocycles. The van der Waals surface area contributed by atoms with Gasteiger partial charge in [0.2, 0.25) is 5.91 Å². The van der Waals surface area contributed by atoms with Crippen LogP contribution in [0.15, 0.2) is 76.4 Å². The lowest BCUT2D eigenvalue weighted by Gasteiger charge is -2.11. The molecule has 1 N–H and O–H groups in total. The summed E-state index contributed by atoms with van der Waals surface area (Å²) in [4.78, 5) is 12.6. The van der Waals surface area contributed by atoms with E-state index in [-0.39, 0.29) is 11.7 Å². The number of hydrogen-bond acceptors (Lipinski definition) is 4. The molecule has 0 saturated carbocycles. The molecule has 0 radical (unpaired) electrons. The van der Waals surface area contributed by atoms with Crippen LogP contribution >= 0.6 is 50.9 Å². The van der Waals surface area contributed by atoms with E-state index in [0.29, 0.717) is 21.0 Å². The first-order valence-electron chi connectivity index (χ1n) is 9.57. The largest absolute Gasteiger partial charge is 0.325 e. The van der Waals surface area contributed by atoms with Gasteiger partial charge in [-0.25, -0.2) is 0 Å². The van der Waals surface area contributed by atoms with Crippen molar-refractivity contribution in [3.05, 3.63) is 86.8 Å². The lowest BCUT2D eigenvalue weighted by molar-refractivity contribution is -0.113.